The maximum atomic E-state index is 13.9. The number of hydrogen-bond acceptors (Lipinski definition) is 5. The molecule has 3 rings (SSSR count). The number of benzene rings is 2. The van der Waals surface area contributed by atoms with E-state index in [-0.39, 0.29) is 36.0 Å². The molecule has 184 valence electrons. The van der Waals surface area contributed by atoms with E-state index in [1.165, 1.54) is 13.2 Å². The van der Waals surface area contributed by atoms with Crippen molar-refractivity contribution in [1.29, 1.82) is 0 Å². The molecule has 1 fully saturated rings. The first kappa shape index (κ1) is 25.5. The maximum absolute atomic E-state index is 13.9. The van der Waals surface area contributed by atoms with E-state index in [9.17, 15) is 14.0 Å². The van der Waals surface area contributed by atoms with Crippen molar-refractivity contribution in [3.8, 4) is 11.5 Å². The number of ether oxygens (including phenoxy) is 2. The van der Waals surface area contributed by atoms with E-state index in [4.69, 9.17) is 9.47 Å². The van der Waals surface area contributed by atoms with Gasteiger partial charge in [-0.05, 0) is 61.2 Å². The standard InChI is InChI=1S/C26H34FN3O4/c1-3-4-15-34-22-8-6-20(7-9-22)26(32)28-17-25(31)29-21-11-13-30(14-12-21)18-19-5-10-24(33-2)23(27)16-19/h5-10,16,21H,3-4,11-15,17-18H2,1-2H3,(H,28,32)(H,29,31). The number of carbonyl (C=O) groups is 2. The van der Waals surface area contributed by atoms with Crippen LogP contribution in [0.25, 0.3) is 0 Å². The van der Waals surface area contributed by atoms with Gasteiger partial charge in [0.2, 0.25) is 5.91 Å². The van der Waals surface area contributed by atoms with Crippen LogP contribution in [-0.2, 0) is 11.3 Å². The van der Waals surface area contributed by atoms with Gasteiger partial charge in [0, 0.05) is 31.2 Å². The Kier molecular flexibility index (Phi) is 9.70. The third kappa shape index (κ3) is 7.73. The van der Waals surface area contributed by atoms with Crippen molar-refractivity contribution in [2.75, 3.05) is 33.4 Å². The van der Waals surface area contributed by atoms with Crippen molar-refractivity contribution < 1.29 is 23.5 Å². The van der Waals surface area contributed by atoms with Crippen molar-refractivity contribution in [3.05, 3.63) is 59.4 Å². The highest BCUT2D eigenvalue weighted by atomic mass is 19.1. The van der Waals surface area contributed by atoms with Crippen LogP contribution in [-0.4, -0.2) is 56.1 Å². The zero-order valence-electron chi connectivity index (χ0n) is 19.9. The number of methoxy groups -OCH3 is 1. The molecule has 1 saturated heterocycles. The molecule has 1 aliphatic heterocycles. The Bertz CT molecular complexity index is 944. The van der Waals surface area contributed by atoms with Gasteiger partial charge < -0.3 is 20.1 Å². The highest BCUT2D eigenvalue weighted by Crippen LogP contribution is 2.20. The van der Waals surface area contributed by atoms with E-state index < -0.39 is 0 Å². The molecule has 2 amide bonds. The van der Waals surface area contributed by atoms with Gasteiger partial charge in [-0.15, -0.1) is 0 Å². The van der Waals surface area contributed by atoms with Gasteiger partial charge in [0.1, 0.15) is 5.75 Å². The van der Waals surface area contributed by atoms with Crippen LogP contribution in [0, 0.1) is 5.82 Å². The van der Waals surface area contributed by atoms with Crippen LogP contribution in [0.3, 0.4) is 0 Å². The molecule has 2 aromatic rings. The van der Waals surface area contributed by atoms with Gasteiger partial charge in [0.15, 0.2) is 11.6 Å². The molecule has 1 aliphatic rings. The van der Waals surface area contributed by atoms with Crippen molar-refractivity contribution in [2.45, 2.75) is 45.2 Å². The normalized spacial score (nSPS) is 14.4. The third-order valence-electron chi connectivity index (χ3n) is 5.87. The van der Waals surface area contributed by atoms with E-state index in [0.717, 1.165) is 50.1 Å². The number of rotatable bonds is 11. The molecule has 1 heterocycles. The van der Waals surface area contributed by atoms with Gasteiger partial charge in [0.25, 0.3) is 5.91 Å². The second-order valence-electron chi connectivity index (χ2n) is 8.50. The average Bonchev–Trinajstić information content (AvgIpc) is 2.84. The molecule has 0 saturated carbocycles. The summed E-state index contributed by atoms with van der Waals surface area (Å²) in [5.74, 6) is 0.109. The molecule has 0 aromatic heterocycles. The van der Waals surface area contributed by atoms with Crippen molar-refractivity contribution >= 4 is 11.8 Å². The minimum atomic E-state index is -0.361. The first-order chi connectivity index (χ1) is 16.5. The molecule has 0 aliphatic carbocycles. The number of nitrogens with zero attached hydrogens (tertiary/aromatic N) is 1. The topological polar surface area (TPSA) is 79.9 Å². The molecular formula is C26H34FN3O4. The number of piperidine rings is 1. The average molecular weight is 472 g/mol. The maximum Gasteiger partial charge on any atom is 0.251 e. The molecule has 34 heavy (non-hydrogen) atoms. The van der Waals surface area contributed by atoms with Crippen molar-refractivity contribution in [3.63, 3.8) is 0 Å². The number of amides is 2. The lowest BCUT2D eigenvalue weighted by Gasteiger charge is -2.32. The van der Waals surface area contributed by atoms with Crippen LogP contribution >= 0.6 is 0 Å². The lowest BCUT2D eigenvalue weighted by molar-refractivity contribution is -0.121. The molecule has 7 nitrogen and oxygen atoms in total. The summed E-state index contributed by atoms with van der Waals surface area (Å²) in [4.78, 5) is 26.9. The molecular weight excluding hydrogens is 437 g/mol. The third-order valence-corrected chi connectivity index (χ3v) is 5.87. The largest absolute Gasteiger partial charge is 0.494 e. The number of nitrogens with one attached hydrogen (secondary N) is 2. The van der Waals surface area contributed by atoms with Crippen molar-refractivity contribution in [2.24, 2.45) is 0 Å². The molecule has 0 atom stereocenters. The number of hydrogen-bond donors (Lipinski definition) is 2. The summed E-state index contributed by atoms with van der Waals surface area (Å²) in [5.41, 5.74) is 1.38. The number of carbonyl (C=O) groups excluding carboxylic acids is 2. The minimum absolute atomic E-state index is 0.0628. The van der Waals surface area contributed by atoms with Crippen LogP contribution in [0.2, 0.25) is 0 Å². The number of halogens is 1. The Labute approximate surface area is 200 Å². The summed E-state index contributed by atoms with van der Waals surface area (Å²) in [6, 6.07) is 12.0. The molecule has 2 aromatic carbocycles. The molecule has 0 spiro atoms. The summed E-state index contributed by atoms with van der Waals surface area (Å²) in [5, 5.41) is 5.66. The first-order valence-electron chi connectivity index (χ1n) is 11.8. The smallest absolute Gasteiger partial charge is 0.251 e. The zero-order valence-corrected chi connectivity index (χ0v) is 19.9. The van der Waals surface area contributed by atoms with Gasteiger partial charge in [-0.3, -0.25) is 14.5 Å². The Morgan fingerprint density at radius 3 is 2.50 bits per heavy atom. The van der Waals surface area contributed by atoms with Crippen LogP contribution < -0.4 is 20.1 Å². The van der Waals surface area contributed by atoms with Gasteiger partial charge in [-0.2, -0.15) is 0 Å². The highest BCUT2D eigenvalue weighted by molar-refractivity contribution is 5.96. The molecule has 2 N–H and O–H groups in total. The van der Waals surface area contributed by atoms with Crippen LogP contribution in [0.1, 0.15) is 48.5 Å². The number of likely N-dealkylation sites (tertiary alicyclic amines) is 1. The van der Waals surface area contributed by atoms with Crippen LogP contribution in [0.4, 0.5) is 4.39 Å². The fourth-order valence-electron chi connectivity index (χ4n) is 3.88. The van der Waals surface area contributed by atoms with Crippen molar-refractivity contribution in [1.82, 2.24) is 15.5 Å². The monoisotopic (exact) mass is 471 g/mol. The quantitative estimate of drug-likeness (QED) is 0.490. The van der Waals surface area contributed by atoms with E-state index in [0.29, 0.717) is 18.7 Å². The Morgan fingerprint density at radius 1 is 1.12 bits per heavy atom. The second kappa shape index (κ2) is 12.9. The molecule has 8 heteroatoms. The fourth-order valence-corrected chi connectivity index (χ4v) is 3.88. The summed E-state index contributed by atoms with van der Waals surface area (Å²) in [6.45, 7) is 4.94. The Morgan fingerprint density at radius 2 is 1.85 bits per heavy atom. The Balaban J connectivity index is 1.35. The predicted octanol–water partition coefficient (Wildman–Crippen LogP) is 3.52. The fraction of sp³-hybridized carbons (Fsp3) is 0.462. The van der Waals surface area contributed by atoms with Crippen LogP contribution in [0.5, 0.6) is 11.5 Å². The lowest BCUT2D eigenvalue weighted by Crippen LogP contribution is -2.47. The number of unbranched alkanes of at least 4 members (excludes halogenated alkanes) is 1. The molecule has 0 unspecified atom stereocenters. The van der Waals surface area contributed by atoms with E-state index in [2.05, 4.69) is 22.5 Å². The highest BCUT2D eigenvalue weighted by Gasteiger charge is 2.21. The summed E-state index contributed by atoms with van der Waals surface area (Å²) < 4.78 is 24.5. The summed E-state index contributed by atoms with van der Waals surface area (Å²) in [7, 11) is 1.45. The van der Waals surface area contributed by atoms with Gasteiger partial charge in [-0.25, -0.2) is 4.39 Å². The second-order valence-corrected chi connectivity index (χ2v) is 8.50. The molecule has 0 radical (unpaired) electrons. The summed E-state index contributed by atoms with van der Waals surface area (Å²) >= 11 is 0. The lowest BCUT2D eigenvalue weighted by atomic mass is 10.0. The Hall–Kier alpha value is -3.13. The first-order valence-corrected chi connectivity index (χ1v) is 11.8. The molecule has 0 bridgehead atoms. The minimum Gasteiger partial charge on any atom is -0.494 e. The van der Waals surface area contributed by atoms with Gasteiger partial charge in [0.05, 0.1) is 20.3 Å². The van der Waals surface area contributed by atoms with Crippen LogP contribution in [0.15, 0.2) is 42.5 Å². The summed E-state index contributed by atoms with van der Waals surface area (Å²) in [6.07, 6.45) is 3.65. The van der Waals surface area contributed by atoms with E-state index in [1.807, 2.05) is 6.07 Å². The van der Waals surface area contributed by atoms with Gasteiger partial charge >= 0.3 is 0 Å². The van der Waals surface area contributed by atoms with E-state index >= 15 is 0 Å². The van der Waals surface area contributed by atoms with E-state index in [1.54, 1.807) is 30.3 Å². The predicted molar refractivity (Wildman–Crippen MR) is 129 cm³/mol. The SMILES string of the molecule is CCCCOc1ccc(C(=O)NCC(=O)NC2CCN(Cc3ccc(OC)c(F)c3)CC2)cc1. The van der Waals surface area contributed by atoms with Gasteiger partial charge in [-0.1, -0.05) is 19.4 Å². The zero-order chi connectivity index (χ0) is 24.3.